The number of amides is 1. The molecule has 0 aliphatic carbocycles. The number of nitrogens with zero attached hydrogens (tertiary/aromatic N) is 2. The molecule has 0 atom stereocenters. The predicted molar refractivity (Wildman–Crippen MR) is 100 cm³/mol. The van der Waals surface area contributed by atoms with Crippen molar-refractivity contribution in [3.63, 3.8) is 0 Å². The summed E-state index contributed by atoms with van der Waals surface area (Å²) in [6, 6.07) is 9.66. The molecule has 142 valence electrons. The summed E-state index contributed by atoms with van der Waals surface area (Å²) in [4.78, 5) is 13.5. The maximum atomic E-state index is 12.8. The lowest BCUT2D eigenvalue weighted by Crippen LogP contribution is -2.58. The Morgan fingerprint density at radius 3 is 2.54 bits per heavy atom. The Hall–Kier alpha value is -1.70. The Labute approximate surface area is 155 Å². The molecule has 26 heavy (non-hydrogen) atoms. The van der Waals surface area contributed by atoms with Crippen LogP contribution in [0.5, 0.6) is 0 Å². The third-order valence-corrected chi connectivity index (χ3v) is 7.08. The van der Waals surface area contributed by atoms with Gasteiger partial charge in [0.1, 0.15) is 0 Å². The number of rotatable bonds is 5. The third-order valence-electron chi connectivity index (χ3n) is 5.26. The van der Waals surface area contributed by atoms with Gasteiger partial charge in [0, 0.05) is 26.2 Å². The van der Waals surface area contributed by atoms with Gasteiger partial charge in [0.15, 0.2) is 0 Å². The van der Waals surface area contributed by atoms with E-state index in [2.05, 4.69) is 6.58 Å². The molecule has 2 aliphatic rings. The zero-order valence-electron chi connectivity index (χ0n) is 15.0. The molecule has 0 N–H and O–H groups in total. The first-order chi connectivity index (χ1) is 12.4. The zero-order chi connectivity index (χ0) is 18.6. The highest BCUT2D eigenvalue weighted by atomic mass is 32.2. The molecule has 2 saturated heterocycles. The van der Waals surface area contributed by atoms with Gasteiger partial charge in [-0.3, -0.25) is 4.79 Å². The van der Waals surface area contributed by atoms with Crippen molar-refractivity contribution in [2.75, 3.05) is 38.5 Å². The SMILES string of the molecule is C=CC(=O)N1CCC2(CC1)CN(S(=O)(=O)CCc1ccccc1)CCO2. The smallest absolute Gasteiger partial charge is 0.245 e. The second-order valence-electron chi connectivity index (χ2n) is 6.95. The Bertz CT molecular complexity index is 740. The molecule has 0 saturated carbocycles. The van der Waals surface area contributed by atoms with Crippen LogP contribution in [-0.4, -0.2) is 67.7 Å². The van der Waals surface area contributed by atoms with Gasteiger partial charge in [-0.15, -0.1) is 0 Å². The highest BCUT2D eigenvalue weighted by Crippen LogP contribution is 2.31. The molecule has 2 aliphatic heterocycles. The van der Waals surface area contributed by atoms with Crippen LogP contribution in [-0.2, 0) is 26.0 Å². The van der Waals surface area contributed by atoms with Crippen LogP contribution in [0.15, 0.2) is 43.0 Å². The summed E-state index contributed by atoms with van der Waals surface area (Å²) in [5, 5.41) is 0. The highest BCUT2D eigenvalue weighted by molar-refractivity contribution is 7.89. The van der Waals surface area contributed by atoms with Gasteiger partial charge in [-0.25, -0.2) is 8.42 Å². The molecule has 1 amide bonds. The molecule has 0 bridgehead atoms. The summed E-state index contributed by atoms with van der Waals surface area (Å²) in [5.74, 6) is 0.0248. The molecule has 2 heterocycles. The highest BCUT2D eigenvalue weighted by Gasteiger charge is 2.43. The number of hydrogen-bond donors (Lipinski definition) is 0. The number of piperidine rings is 1. The van der Waals surface area contributed by atoms with Gasteiger partial charge in [-0.1, -0.05) is 36.9 Å². The van der Waals surface area contributed by atoms with Crippen molar-refractivity contribution >= 4 is 15.9 Å². The fraction of sp³-hybridized carbons (Fsp3) is 0.526. The molecule has 7 heteroatoms. The summed E-state index contributed by atoms with van der Waals surface area (Å²) in [6.07, 6.45) is 3.13. The number of morpholine rings is 1. The average molecular weight is 378 g/mol. The molecule has 1 aromatic carbocycles. The fourth-order valence-electron chi connectivity index (χ4n) is 3.63. The number of carbonyl (C=O) groups excluding carboxylic acids is 1. The second-order valence-corrected chi connectivity index (χ2v) is 9.03. The van der Waals surface area contributed by atoms with E-state index < -0.39 is 15.6 Å². The van der Waals surface area contributed by atoms with Crippen molar-refractivity contribution in [2.45, 2.75) is 24.9 Å². The standard InChI is InChI=1S/C19H26N2O4S/c1-2-18(22)20-11-9-19(10-12-20)16-21(13-14-25-19)26(23,24)15-8-17-6-4-3-5-7-17/h2-7H,1,8-16H2. The summed E-state index contributed by atoms with van der Waals surface area (Å²) in [7, 11) is -3.33. The van der Waals surface area contributed by atoms with Crippen molar-refractivity contribution in [2.24, 2.45) is 0 Å². The number of benzene rings is 1. The number of aryl methyl sites for hydroxylation is 1. The Morgan fingerprint density at radius 2 is 1.88 bits per heavy atom. The van der Waals surface area contributed by atoms with E-state index in [4.69, 9.17) is 4.74 Å². The number of likely N-dealkylation sites (tertiary alicyclic amines) is 1. The lowest BCUT2D eigenvalue weighted by atomic mass is 9.90. The quantitative estimate of drug-likeness (QED) is 0.727. The average Bonchev–Trinajstić information content (AvgIpc) is 2.67. The largest absolute Gasteiger partial charge is 0.372 e. The van der Waals surface area contributed by atoms with Gasteiger partial charge in [0.05, 0.1) is 18.0 Å². The lowest BCUT2D eigenvalue weighted by molar-refractivity contribution is -0.140. The van der Waals surface area contributed by atoms with Crippen molar-refractivity contribution in [3.05, 3.63) is 48.6 Å². The van der Waals surface area contributed by atoms with Crippen LogP contribution in [0.1, 0.15) is 18.4 Å². The summed E-state index contributed by atoms with van der Waals surface area (Å²) < 4.78 is 33.2. The topological polar surface area (TPSA) is 66.9 Å². The first-order valence-electron chi connectivity index (χ1n) is 9.01. The van der Waals surface area contributed by atoms with E-state index in [0.29, 0.717) is 52.0 Å². The Morgan fingerprint density at radius 1 is 1.19 bits per heavy atom. The Kier molecular flexibility index (Phi) is 5.79. The monoisotopic (exact) mass is 378 g/mol. The summed E-state index contributed by atoms with van der Waals surface area (Å²) in [6.45, 7) is 5.84. The van der Waals surface area contributed by atoms with E-state index in [-0.39, 0.29) is 11.7 Å². The van der Waals surface area contributed by atoms with Gasteiger partial charge >= 0.3 is 0 Å². The van der Waals surface area contributed by atoms with Crippen LogP contribution in [0.25, 0.3) is 0 Å². The molecule has 1 spiro atoms. The summed E-state index contributed by atoms with van der Waals surface area (Å²) in [5.41, 5.74) is 0.547. The number of ether oxygens (including phenoxy) is 1. The van der Waals surface area contributed by atoms with Gasteiger partial charge in [-0.2, -0.15) is 4.31 Å². The number of hydrogen-bond acceptors (Lipinski definition) is 4. The second kappa shape index (κ2) is 7.90. The van der Waals surface area contributed by atoms with E-state index >= 15 is 0 Å². The van der Waals surface area contributed by atoms with Crippen LogP contribution in [0.3, 0.4) is 0 Å². The van der Waals surface area contributed by atoms with Crippen LogP contribution in [0.4, 0.5) is 0 Å². The molecule has 0 unspecified atom stereocenters. The minimum absolute atomic E-state index is 0.0806. The summed E-state index contributed by atoms with van der Waals surface area (Å²) >= 11 is 0. The molecular formula is C19H26N2O4S. The molecule has 0 radical (unpaired) electrons. The van der Waals surface area contributed by atoms with E-state index in [1.807, 2.05) is 30.3 Å². The van der Waals surface area contributed by atoms with E-state index in [9.17, 15) is 13.2 Å². The third kappa shape index (κ3) is 4.34. The molecule has 2 fully saturated rings. The van der Waals surface area contributed by atoms with Crippen molar-refractivity contribution < 1.29 is 17.9 Å². The normalized spacial score (nSPS) is 20.8. The van der Waals surface area contributed by atoms with Crippen LogP contribution >= 0.6 is 0 Å². The zero-order valence-corrected chi connectivity index (χ0v) is 15.8. The van der Waals surface area contributed by atoms with Crippen LogP contribution < -0.4 is 0 Å². The minimum atomic E-state index is -3.33. The number of carbonyl (C=O) groups is 1. The van der Waals surface area contributed by atoms with Gasteiger partial charge in [-0.05, 0) is 30.9 Å². The van der Waals surface area contributed by atoms with Crippen LogP contribution in [0, 0.1) is 0 Å². The molecule has 3 rings (SSSR count). The first kappa shape index (κ1) is 19.1. The Balaban J connectivity index is 1.61. The van der Waals surface area contributed by atoms with Crippen LogP contribution in [0.2, 0.25) is 0 Å². The fourth-order valence-corrected chi connectivity index (χ4v) is 5.17. The van der Waals surface area contributed by atoms with Crippen molar-refractivity contribution in [1.29, 1.82) is 0 Å². The van der Waals surface area contributed by atoms with E-state index in [0.717, 1.165) is 5.56 Å². The predicted octanol–water partition coefficient (Wildman–Crippen LogP) is 1.44. The van der Waals surface area contributed by atoms with E-state index in [1.165, 1.54) is 6.08 Å². The van der Waals surface area contributed by atoms with Gasteiger partial charge in [0.25, 0.3) is 0 Å². The maximum absolute atomic E-state index is 12.8. The minimum Gasteiger partial charge on any atom is -0.372 e. The van der Waals surface area contributed by atoms with Gasteiger partial charge < -0.3 is 9.64 Å². The van der Waals surface area contributed by atoms with Gasteiger partial charge in [0.2, 0.25) is 15.9 Å². The van der Waals surface area contributed by atoms with Crippen molar-refractivity contribution in [1.82, 2.24) is 9.21 Å². The first-order valence-corrected chi connectivity index (χ1v) is 10.6. The maximum Gasteiger partial charge on any atom is 0.245 e. The molecular weight excluding hydrogens is 352 g/mol. The molecule has 0 aromatic heterocycles. The van der Waals surface area contributed by atoms with E-state index in [1.54, 1.807) is 9.21 Å². The molecule has 6 nitrogen and oxygen atoms in total. The molecule has 1 aromatic rings. The lowest BCUT2D eigenvalue weighted by Gasteiger charge is -2.46. The van der Waals surface area contributed by atoms with Crippen molar-refractivity contribution in [3.8, 4) is 0 Å². The number of sulfonamides is 1.